The van der Waals surface area contributed by atoms with Crippen LogP contribution >= 0.6 is 0 Å². The summed E-state index contributed by atoms with van der Waals surface area (Å²) in [4.78, 5) is 0. The van der Waals surface area contributed by atoms with Gasteiger partial charge in [-0.2, -0.15) is 5.26 Å². The molecule has 102 valence electrons. The van der Waals surface area contributed by atoms with Gasteiger partial charge in [0.05, 0.1) is 17.3 Å². The molecular formula is C15H11F3N2. The summed E-state index contributed by atoms with van der Waals surface area (Å²) in [5.41, 5.74) is 0.651. The SMILES string of the molecule is Cc1cc(F)c(NCc2ccc(C#N)cc2F)cc1F. The number of rotatable bonds is 3. The summed E-state index contributed by atoms with van der Waals surface area (Å²) in [7, 11) is 0. The number of benzene rings is 2. The minimum atomic E-state index is -0.599. The Balaban J connectivity index is 2.17. The van der Waals surface area contributed by atoms with Gasteiger partial charge in [0.15, 0.2) is 0 Å². The summed E-state index contributed by atoms with van der Waals surface area (Å²) < 4.78 is 40.6. The number of aryl methyl sites for hydroxylation is 1. The average molecular weight is 276 g/mol. The van der Waals surface area contributed by atoms with Crippen LogP contribution in [0, 0.1) is 35.7 Å². The molecule has 20 heavy (non-hydrogen) atoms. The first-order valence-electron chi connectivity index (χ1n) is 5.89. The largest absolute Gasteiger partial charge is 0.378 e. The van der Waals surface area contributed by atoms with E-state index in [0.717, 1.165) is 18.2 Å². The van der Waals surface area contributed by atoms with E-state index in [0.29, 0.717) is 0 Å². The lowest BCUT2D eigenvalue weighted by atomic mass is 10.1. The first kappa shape index (κ1) is 13.9. The molecular weight excluding hydrogens is 265 g/mol. The number of nitriles is 1. The maximum absolute atomic E-state index is 13.6. The molecule has 0 unspecified atom stereocenters. The monoisotopic (exact) mass is 276 g/mol. The van der Waals surface area contributed by atoms with E-state index in [4.69, 9.17) is 5.26 Å². The van der Waals surface area contributed by atoms with E-state index in [2.05, 4.69) is 5.32 Å². The fourth-order valence-electron chi connectivity index (χ4n) is 1.73. The lowest BCUT2D eigenvalue weighted by Gasteiger charge is -2.10. The van der Waals surface area contributed by atoms with Crippen molar-refractivity contribution in [3.05, 3.63) is 64.5 Å². The predicted molar refractivity (Wildman–Crippen MR) is 69.5 cm³/mol. The molecule has 0 heterocycles. The van der Waals surface area contributed by atoms with Crippen molar-refractivity contribution < 1.29 is 13.2 Å². The Morgan fingerprint density at radius 2 is 1.80 bits per heavy atom. The molecule has 0 aliphatic carbocycles. The van der Waals surface area contributed by atoms with Gasteiger partial charge in [-0.25, -0.2) is 13.2 Å². The van der Waals surface area contributed by atoms with Gasteiger partial charge in [-0.05, 0) is 30.7 Å². The zero-order valence-electron chi connectivity index (χ0n) is 10.7. The predicted octanol–water partition coefficient (Wildman–Crippen LogP) is 3.90. The third-order valence-corrected chi connectivity index (χ3v) is 2.90. The highest BCUT2D eigenvalue weighted by Crippen LogP contribution is 2.20. The van der Waals surface area contributed by atoms with Crippen LogP contribution in [0.15, 0.2) is 30.3 Å². The Kier molecular flexibility index (Phi) is 3.94. The van der Waals surface area contributed by atoms with Crippen molar-refractivity contribution in [2.24, 2.45) is 0 Å². The van der Waals surface area contributed by atoms with Crippen molar-refractivity contribution in [1.29, 1.82) is 5.26 Å². The van der Waals surface area contributed by atoms with Crippen molar-refractivity contribution in [3.8, 4) is 6.07 Å². The van der Waals surface area contributed by atoms with Crippen LogP contribution in [0.5, 0.6) is 0 Å². The second-order valence-electron chi connectivity index (χ2n) is 4.35. The summed E-state index contributed by atoms with van der Waals surface area (Å²) >= 11 is 0. The standard InChI is InChI=1S/C15H11F3N2/c1-9-4-14(18)15(6-12(9)16)20-8-11-3-2-10(7-19)5-13(11)17/h2-6,20H,8H2,1H3. The molecule has 2 rings (SSSR count). The van der Waals surface area contributed by atoms with Gasteiger partial charge < -0.3 is 5.32 Å². The van der Waals surface area contributed by atoms with Crippen LogP contribution in [0.3, 0.4) is 0 Å². The molecule has 0 fully saturated rings. The fourth-order valence-corrected chi connectivity index (χ4v) is 1.73. The van der Waals surface area contributed by atoms with Crippen LogP contribution in [0.4, 0.5) is 18.9 Å². The van der Waals surface area contributed by atoms with Crippen LogP contribution in [0.1, 0.15) is 16.7 Å². The number of nitrogens with one attached hydrogen (secondary N) is 1. The van der Waals surface area contributed by atoms with Crippen LogP contribution in [0.2, 0.25) is 0 Å². The van der Waals surface area contributed by atoms with Gasteiger partial charge in [0.25, 0.3) is 0 Å². The number of anilines is 1. The van der Waals surface area contributed by atoms with Crippen LogP contribution in [0.25, 0.3) is 0 Å². The molecule has 5 heteroatoms. The minimum absolute atomic E-state index is 0.00301. The Morgan fingerprint density at radius 1 is 1.05 bits per heavy atom. The number of hydrogen-bond donors (Lipinski definition) is 1. The van der Waals surface area contributed by atoms with Crippen LogP contribution in [-0.4, -0.2) is 0 Å². The zero-order chi connectivity index (χ0) is 14.7. The highest BCUT2D eigenvalue weighted by atomic mass is 19.1. The first-order chi connectivity index (χ1) is 9.51. The molecule has 0 aliphatic heterocycles. The van der Waals surface area contributed by atoms with Crippen molar-refractivity contribution >= 4 is 5.69 Å². The second kappa shape index (κ2) is 5.66. The van der Waals surface area contributed by atoms with E-state index < -0.39 is 17.5 Å². The normalized spacial score (nSPS) is 10.2. The highest BCUT2D eigenvalue weighted by molar-refractivity contribution is 5.47. The third kappa shape index (κ3) is 2.91. The van der Waals surface area contributed by atoms with E-state index in [9.17, 15) is 13.2 Å². The molecule has 2 aromatic rings. The van der Waals surface area contributed by atoms with E-state index >= 15 is 0 Å². The smallest absolute Gasteiger partial charge is 0.146 e. The van der Waals surface area contributed by atoms with Gasteiger partial charge >= 0.3 is 0 Å². The molecule has 0 aliphatic rings. The van der Waals surface area contributed by atoms with Crippen molar-refractivity contribution in [3.63, 3.8) is 0 Å². The fraction of sp³-hybridized carbons (Fsp3) is 0.133. The highest BCUT2D eigenvalue weighted by Gasteiger charge is 2.08. The van der Waals surface area contributed by atoms with Crippen molar-refractivity contribution in [1.82, 2.24) is 0 Å². The molecule has 0 saturated carbocycles. The van der Waals surface area contributed by atoms with Crippen LogP contribution in [-0.2, 0) is 6.54 Å². The lowest BCUT2D eigenvalue weighted by molar-refractivity contribution is 0.593. The topological polar surface area (TPSA) is 35.8 Å². The molecule has 2 aromatic carbocycles. The number of nitrogens with zero attached hydrogens (tertiary/aromatic N) is 1. The van der Waals surface area contributed by atoms with E-state index in [1.54, 1.807) is 0 Å². The van der Waals surface area contributed by atoms with E-state index in [1.807, 2.05) is 6.07 Å². The molecule has 0 saturated heterocycles. The average Bonchev–Trinajstić information content (AvgIpc) is 2.42. The molecule has 2 nitrogen and oxygen atoms in total. The summed E-state index contributed by atoms with van der Waals surface area (Å²) in [5.74, 6) is -1.70. The molecule has 0 amide bonds. The maximum Gasteiger partial charge on any atom is 0.146 e. The molecule has 0 aromatic heterocycles. The molecule has 0 radical (unpaired) electrons. The summed E-state index contributed by atoms with van der Waals surface area (Å²) in [5, 5.41) is 11.3. The van der Waals surface area contributed by atoms with Crippen molar-refractivity contribution in [2.75, 3.05) is 5.32 Å². The number of hydrogen-bond acceptors (Lipinski definition) is 2. The van der Waals surface area contributed by atoms with E-state index in [-0.39, 0.29) is 28.9 Å². The summed E-state index contributed by atoms with van der Waals surface area (Å²) in [6, 6.07) is 7.93. The Bertz CT molecular complexity index is 690. The molecule has 0 atom stereocenters. The van der Waals surface area contributed by atoms with Gasteiger partial charge in [0.1, 0.15) is 17.5 Å². The van der Waals surface area contributed by atoms with Crippen molar-refractivity contribution in [2.45, 2.75) is 13.5 Å². The summed E-state index contributed by atoms with van der Waals surface area (Å²) in [6.07, 6.45) is 0. The Labute approximate surface area is 114 Å². The van der Waals surface area contributed by atoms with Gasteiger partial charge in [0.2, 0.25) is 0 Å². The quantitative estimate of drug-likeness (QED) is 0.923. The van der Waals surface area contributed by atoms with Gasteiger partial charge in [-0.1, -0.05) is 6.07 Å². The molecule has 0 spiro atoms. The second-order valence-corrected chi connectivity index (χ2v) is 4.35. The minimum Gasteiger partial charge on any atom is -0.378 e. The lowest BCUT2D eigenvalue weighted by Crippen LogP contribution is -2.04. The maximum atomic E-state index is 13.6. The zero-order valence-corrected chi connectivity index (χ0v) is 10.7. The van der Waals surface area contributed by atoms with Gasteiger partial charge in [0, 0.05) is 18.2 Å². The Hall–Kier alpha value is -2.48. The first-order valence-corrected chi connectivity index (χ1v) is 5.89. The van der Waals surface area contributed by atoms with Crippen LogP contribution < -0.4 is 5.32 Å². The van der Waals surface area contributed by atoms with Gasteiger partial charge in [-0.15, -0.1) is 0 Å². The molecule has 1 N–H and O–H groups in total. The van der Waals surface area contributed by atoms with Gasteiger partial charge in [-0.3, -0.25) is 0 Å². The Morgan fingerprint density at radius 3 is 2.45 bits per heavy atom. The van der Waals surface area contributed by atoms with E-state index in [1.165, 1.54) is 19.1 Å². The molecule has 0 bridgehead atoms. The third-order valence-electron chi connectivity index (χ3n) is 2.90. The number of halogens is 3. The summed E-state index contributed by atoms with van der Waals surface area (Å²) in [6.45, 7) is 1.46.